The second-order valence-electron chi connectivity index (χ2n) is 11.4. The third kappa shape index (κ3) is 9.52. The quantitative estimate of drug-likeness (QED) is 0.111. The Bertz CT molecular complexity index is 1320. The molecule has 1 aromatic carbocycles. The number of hydrogen-bond acceptors (Lipinski definition) is 5. The van der Waals surface area contributed by atoms with Gasteiger partial charge < -0.3 is 18.9 Å². The fraction of sp³-hybridized carbons (Fsp3) is 0.528. The highest BCUT2D eigenvalue weighted by atomic mass is 16.5. The molecule has 43 heavy (non-hydrogen) atoms. The average molecular weight is 590 g/mol. The SMILES string of the molecule is CCCCc1cc2cc(C(=O)N(CC)CC(=O)OC)ccn2c1C(=O)c1ccc(CCCN(CCCC)CCCC)cc1. The van der Waals surface area contributed by atoms with Crippen LogP contribution in [0.4, 0.5) is 0 Å². The van der Waals surface area contributed by atoms with Gasteiger partial charge in [-0.15, -0.1) is 0 Å². The smallest absolute Gasteiger partial charge is 0.325 e. The molecule has 0 radical (unpaired) electrons. The van der Waals surface area contributed by atoms with Crippen LogP contribution in [0.25, 0.3) is 5.52 Å². The molecular weight excluding hydrogens is 538 g/mol. The zero-order valence-electron chi connectivity index (χ0n) is 27.0. The molecule has 3 aromatic rings. The van der Waals surface area contributed by atoms with E-state index in [1.807, 2.05) is 35.6 Å². The summed E-state index contributed by atoms with van der Waals surface area (Å²) < 4.78 is 6.65. The molecule has 0 unspecified atom stereocenters. The minimum absolute atomic E-state index is 0.0112. The van der Waals surface area contributed by atoms with Crippen LogP contribution in [0.2, 0.25) is 0 Å². The summed E-state index contributed by atoms with van der Waals surface area (Å²) in [5.74, 6) is -0.711. The van der Waals surface area contributed by atoms with Crippen LogP contribution in [0.1, 0.15) is 110 Å². The lowest BCUT2D eigenvalue weighted by Crippen LogP contribution is -2.36. The van der Waals surface area contributed by atoms with Crippen LogP contribution < -0.4 is 0 Å². The van der Waals surface area contributed by atoms with Crippen LogP contribution in [0, 0.1) is 0 Å². The molecule has 0 spiro atoms. The third-order valence-corrected chi connectivity index (χ3v) is 8.14. The van der Waals surface area contributed by atoms with E-state index in [-0.39, 0.29) is 18.2 Å². The summed E-state index contributed by atoms with van der Waals surface area (Å²) in [6, 6.07) is 13.6. The number of likely N-dealkylation sites (N-methyl/N-ethyl adjacent to an activating group) is 1. The summed E-state index contributed by atoms with van der Waals surface area (Å²) >= 11 is 0. The van der Waals surface area contributed by atoms with Gasteiger partial charge in [-0.2, -0.15) is 0 Å². The summed E-state index contributed by atoms with van der Waals surface area (Å²) in [4.78, 5) is 42.9. The molecule has 0 N–H and O–H groups in total. The van der Waals surface area contributed by atoms with Crippen molar-refractivity contribution in [2.75, 3.05) is 39.8 Å². The number of nitrogens with zero attached hydrogens (tertiary/aromatic N) is 3. The van der Waals surface area contributed by atoms with E-state index in [0.29, 0.717) is 23.4 Å². The van der Waals surface area contributed by atoms with Crippen molar-refractivity contribution in [1.82, 2.24) is 14.2 Å². The van der Waals surface area contributed by atoms with E-state index in [4.69, 9.17) is 4.74 Å². The number of aryl methyl sites for hydroxylation is 2. The number of fused-ring (bicyclic) bond motifs is 1. The van der Waals surface area contributed by atoms with Crippen LogP contribution in [0.15, 0.2) is 48.7 Å². The number of ether oxygens (including phenoxy) is 1. The van der Waals surface area contributed by atoms with Crippen molar-refractivity contribution in [1.29, 1.82) is 0 Å². The first-order valence-corrected chi connectivity index (χ1v) is 16.2. The minimum Gasteiger partial charge on any atom is -0.468 e. The predicted molar refractivity (Wildman–Crippen MR) is 174 cm³/mol. The van der Waals surface area contributed by atoms with E-state index in [2.05, 4.69) is 37.8 Å². The van der Waals surface area contributed by atoms with Gasteiger partial charge in [-0.3, -0.25) is 14.4 Å². The third-order valence-electron chi connectivity index (χ3n) is 8.14. The average Bonchev–Trinajstić information content (AvgIpc) is 3.40. The van der Waals surface area contributed by atoms with Gasteiger partial charge in [-0.05, 0) is 94.4 Å². The number of ketones is 1. The van der Waals surface area contributed by atoms with Gasteiger partial charge in [0.2, 0.25) is 5.78 Å². The van der Waals surface area contributed by atoms with E-state index in [1.165, 1.54) is 56.3 Å². The number of pyridine rings is 1. The molecule has 3 rings (SSSR count). The molecule has 0 aliphatic heterocycles. The maximum atomic E-state index is 13.9. The number of carbonyl (C=O) groups excluding carboxylic acids is 3. The Morgan fingerprint density at radius 1 is 0.767 bits per heavy atom. The van der Waals surface area contributed by atoms with Crippen molar-refractivity contribution in [2.24, 2.45) is 0 Å². The minimum atomic E-state index is -0.458. The van der Waals surface area contributed by atoms with Crippen molar-refractivity contribution in [3.05, 3.63) is 76.6 Å². The molecule has 2 aromatic heterocycles. The van der Waals surface area contributed by atoms with Gasteiger partial charge >= 0.3 is 5.97 Å². The number of aromatic nitrogens is 1. The second kappa shape index (κ2) is 17.6. The Hall–Kier alpha value is -3.45. The normalized spacial score (nSPS) is 11.3. The first-order chi connectivity index (χ1) is 20.9. The molecule has 0 aliphatic carbocycles. The lowest BCUT2D eigenvalue weighted by Gasteiger charge is -2.21. The van der Waals surface area contributed by atoms with Crippen LogP contribution in [-0.4, -0.2) is 71.7 Å². The van der Waals surface area contributed by atoms with Crippen LogP contribution >= 0.6 is 0 Å². The Balaban J connectivity index is 1.79. The highest BCUT2D eigenvalue weighted by Crippen LogP contribution is 2.24. The number of methoxy groups -OCH3 is 1. The number of benzene rings is 1. The summed E-state index contributed by atoms with van der Waals surface area (Å²) in [5, 5.41) is 0. The standard InChI is InChI=1S/C36H51N3O4/c1-6-10-15-30-25-32-26-31(36(42)38(9-4)27-33(40)43-5)20-24-39(32)34(30)35(41)29-18-16-28(17-19-29)14-13-23-37(21-11-7-2)22-12-8-3/h16-20,24-26H,6-15,21-23,27H2,1-5H3. The zero-order valence-corrected chi connectivity index (χ0v) is 27.0. The topological polar surface area (TPSA) is 71.3 Å². The summed E-state index contributed by atoms with van der Waals surface area (Å²) in [6.07, 6.45) is 11.6. The van der Waals surface area contributed by atoms with E-state index in [1.54, 1.807) is 12.3 Å². The number of carbonyl (C=O) groups is 3. The molecule has 2 heterocycles. The molecule has 0 aliphatic rings. The van der Waals surface area contributed by atoms with Crippen LogP contribution in [0.5, 0.6) is 0 Å². The molecule has 0 saturated heterocycles. The van der Waals surface area contributed by atoms with Gasteiger partial charge in [0.25, 0.3) is 5.91 Å². The molecule has 234 valence electrons. The van der Waals surface area contributed by atoms with Crippen molar-refractivity contribution in [3.8, 4) is 0 Å². The van der Waals surface area contributed by atoms with Gasteiger partial charge in [-0.25, -0.2) is 0 Å². The number of hydrogen-bond donors (Lipinski definition) is 0. The lowest BCUT2D eigenvalue weighted by molar-refractivity contribution is -0.141. The van der Waals surface area contributed by atoms with E-state index >= 15 is 0 Å². The maximum Gasteiger partial charge on any atom is 0.325 e. The van der Waals surface area contributed by atoms with Gasteiger partial charge in [-0.1, -0.05) is 64.3 Å². The Labute approximate surface area is 258 Å². The zero-order chi connectivity index (χ0) is 31.2. The molecule has 0 fully saturated rings. The molecular formula is C36H51N3O4. The second-order valence-corrected chi connectivity index (χ2v) is 11.4. The first kappa shape index (κ1) is 34.0. The van der Waals surface area contributed by atoms with E-state index in [0.717, 1.165) is 49.7 Å². The molecule has 0 bridgehead atoms. The monoisotopic (exact) mass is 589 g/mol. The fourth-order valence-corrected chi connectivity index (χ4v) is 5.48. The van der Waals surface area contributed by atoms with E-state index in [9.17, 15) is 14.4 Å². The molecule has 7 nitrogen and oxygen atoms in total. The largest absolute Gasteiger partial charge is 0.468 e. The van der Waals surface area contributed by atoms with E-state index < -0.39 is 5.97 Å². The number of unbranched alkanes of at least 4 members (excludes halogenated alkanes) is 3. The number of rotatable bonds is 19. The van der Waals surface area contributed by atoms with Crippen molar-refractivity contribution >= 4 is 23.2 Å². The summed E-state index contributed by atoms with van der Waals surface area (Å²) in [5.41, 5.74) is 4.83. The maximum absolute atomic E-state index is 13.9. The van der Waals surface area contributed by atoms with Crippen molar-refractivity contribution in [2.45, 2.75) is 85.5 Å². The fourth-order valence-electron chi connectivity index (χ4n) is 5.48. The summed E-state index contributed by atoms with van der Waals surface area (Å²) in [7, 11) is 1.31. The molecule has 0 atom stereocenters. The number of esters is 1. The van der Waals surface area contributed by atoms with Gasteiger partial charge in [0.05, 0.1) is 12.8 Å². The van der Waals surface area contributed by atoms with Crippen molar-refractivity contribution < 1.29 is 19.1 Å². The van der Waals surface area contributed by atoms with Crippen LogP contribution in [0.3, 0.4) is 0 Å². The summed E-state index contributed by atoms with van der Waals surface area (Å²) in [6.45, 7) is 12.2. The Kier molecular flexibility index (Phi) is 13.9. The number of amides is 1. The lowest BCUT2D eigenvalue weighted by atomic mass is 10.00. The molecule has 1 amide bonds. The van der Waals surface area contributed by atoms with Crippen LogP contribution in [-0.2, 0) is 22.4 Å². The highest BCUT2D eigenvalue weighted by molar-refractivity contribution is 6.10. The first-order valence-electron chi connectivity index (χ1n) is 16.2. The van der Waals surface area contributed by atoms with Gasteiger partial charge in [0.1, 0.15) is 6.54 Å². The Morgan fingerprint density at radius 3 is 2.02 bits per heavy atom. The molecule has 0 saturated carbocycles. The van der Waals surface area contributed by atoms with Gasteiger partial charge in [0.15, 0.2) is 0 Å². The van der Waals surface area contributed by atoms with Gasteiger partial charge in [0, 0.05) is 29.4 Å². The predicted octanol–water partition coefficient (Wildman–Crippen LogP) is 6.98. The Morgan fingerprint density at radius 2 is 1.42 bits per heavy atom. The highest BCUT2D eigenvalue weighted by Gasteiger charge is 2.22. The van der Waals surface area contributed by atoms with Crippen molar-refractivity contribution in [3.63, 3.8) is 0 Å². The molecule has 7 heteroatoms.